The number of nitrogens with one attached hydrogen (secondary N) is 2. The predicted molar refractivity (Wildman–Crippen MR) is 98.8 cm³/mol. The Bertz CT molecular complexity index is 679. The van der Waals surface area contributed by atoms with E-state index in [0.29, 0.717) is 25.6 Å². The number of nitrogens with zero attached hydrogens (tertiary/aromatic N) is 4. The standard InChI is InChI=1S/C18H26N6O/c1-15-13-16(24-11-3-2-4-12-24)22-18(21-15)20-8-7-19-17(25)14-23-9-5-6-10-23/h5-6,9-10,13H,2-4,7-8,11-12,14H2,1H3,(H,19,25)(H,20,21,22). The highest BCUT2D eigenvalue weighted by atomic mass is 16.1. The topological polar surface area (TPSA) is 75.1 Å². The van der Waals surface area contributed by atoms with E-state index >= 15 is 0 Å². The SMILES string of the molecule is Cc1cc(N2CCCCC2)nc(NCCNC(=O)Cn2cccc2)n1. The third kappa shape index (κ3) is 5.20. The van der Waals surface area contributed by atoms with Crippen LogP contribution < -0.4 is 15.5 Å². The van der Waals surface area contributed by atoms with E-state index in [4.69, 9.17) is 0 Å². The van der Waals surface area contributed by atoms with Gasteiger partial charge in [0.1, 0.15) is 12.4 Å². The van der Waals surface area contributed by atoms with Gasteiger partial charge in [-0.15, -0.1) is 0 Å². The number of piperidine rings is 1. The summed E-state index contributed by atoms with van der Waals surface area (Å²) in [6, 6.07) is 5.85. The van der Waals surface area contributed by atoms with E-state index < -0.39 is 0 Å². The van der Waals surface area contributed by atoms with Crippen LogP contribution in [0.2, 0.25) is 0 Å². The van der Waals surface area contributed by atoms with Gasteiger partial charge in [0.2, 0.25) is 11.9 Å². The first-order chi connectivity index (χ1) is 12.2. The van der Waals surface area contributed by atoms with Gasteiger partial charge in [-0.05, 0) is 38.3 Å². The lowest BCUT2D eigenvalue weighted by atomic mass is 10.1. The molecule has 0 atom stereocenters. The van der Waals surface area contributed by atoms with Crippen LogP contribution in [-0.4, -0.2) is 46.6 Å². The number of hydrogen-bond donors (Lipinski definition) is 2. The molecule has 0 aliphatic carbocycles. The molecule has 0 radical (unpaired) electrons. The van der Waals surface area contributed by atoms with Gasteiger partial charge in [-0.3, -0.25) is 4.79 Å². The van der Waals surface area contributed by atoms with Crippen molar-refractivity contribution in [1.82, 2.24) is 19.9 Å². The molecule has 3 rings (SSSR count). The molecule has 0 saturated carbocycles. The Hall–Kier alpha value is -2.57. The molecule has 0 bridgehead atoms. The van der Waals surface area contributed by atoms with Gasteiger partial charge in [0.05, 0.1) is 0 Å². The van der Waals surface area contributed by atoms with Crippen LogP contribution in [0.5, 0.6) is 0 Å². The molecule has 2 aromatic rings. The summed E-state index contributed by atoms with van der Waals surface area (Å²) in [4.78, 5) is 23.2. The average Bonchev–Trinajstić information content (AvgIpc) is 3.12. The normalized spacial score (nSPS) is 14.4. The fraction of sp³-hybridized carbons (Fsp3) is 0.500. The molecule has 7 heteroatoms. The largest absolute Gasteiger partial charge is 0.356 e. The minimum Gasteiger partial charge on any atom is -0.356 e. The summed E-state index contributed by atoms with van der Waals surface area (Å²) in [7, 11) is 0. The van der Waals surface area contributed by atoms with Gasteiger partial charge in [0, 0.05) is 50.3 Å². The Morgan fingerprint density at radius 2 is 1.88 bits per heavy atom. The molecule has 1 fully saturated rings. The van der Waals surface area contributed by atoms with Crippen molar-refractivity contribution in [2.75, 3.05) is 36.4 Å². The summed E-state index contributed by atoms with van der Waals surface area (Å²) in [5.41, 5.74) is 0.953. The molecule has 1 amide bonds. The van der Waals surface area contributed by atoms with Gasteiger partial charge in [-0.1, -0.05) is 0 Å². The zero-order chi connectivity index (χ0) is 17.5. The summed E-state index contributed by atoms with van der Waals surface area (Å²) in [5.74, 6) is 1.61. The fourth-order valence-electron chi connectivity index (χ4n) is 2.99. The van der Waals surface area contributed by atoms with Crippen molar-refractivity contribution in [3.63, 3.8) is 0 Å². The number of rotatable bonds is 7. The van der Waals surface area contributed by atoms with Crippen molar-refractivity contribution in [2.24, 2.45) is 0 Å². The van der Waals surface area contributed by atoms with Gasteiger partial charge in [-0.25, -0.2) is 4.98 Å². The van der Waals surface area contributed by atoms with E-state index in [9.17, 15) is 4.79 Å². The van der Waals surface area contributed by atoms with E-state index in [2.05, 4.69) is 25.5 Å². The van der Waals surface area contributed by atoms with Gasteiger partial charge < -0.3 is 20.1 Å². The van der Waals surface area contributed by atoms with Crippen LogP contribution in [0.1, 0.15) is 25.0 Å². The van der Waals surface area contributed by atoms with E-state index in [0.717, 1.165) is 24.6 Å². The second-order valence-electron chi connectivity index (χ2n) is 6.37. The number of aryl methyl sites for hydroxylation is 1. The van der Waals surface area contributed by atoms with Gasteiger partial charge >= 0.3 is 0 Å². The highest BCUT2D eigenvalue weighted by Gasteiger charge is 2.13. The number of carbonyl (C=O) groups excluding carboxylic acids is 1. The van der Waals surface area contributed by atoms with Crippen molar-refractivity contribution < 1.29 is 4.79 Å². The van der Waals surface area contributed by atoms with Crippen molar-refractivity contribution in [2.45, 2.75) is 32.7 Å². The molecular weight excluding hydrogens is 316 g/mol. The van der Waals surface area contributed by atoms with Crippen LogP contribution in [-0.2, 0) is 11.3 Å². The first-order valence-corrected chi connectivity index (χ1v) is 8.93. The van der Waals surface area contributed by atoms with Crippen molar-refractivity contribution in [3.8, 4) is 0 Å². The first kappa shape index (κ1) is 17.3. The monoisotopic (exact) mass is 342 g/mol. The van der Waals surface area contributed by atoms with Gasteiger partial charge in [0.15, 0.2) is 0 Å². The Labute approximate surface area is 148 Å². The Morgan fingerprint density at radius 1 is 1.12 bits per heavy atom. The molecule has 2 N–H and O–H groups in total. The van der Waals surface area contributed by atoms with E-state index in [-0.39, 0.29) is 5.91 Å². The smallest absolute Gasteiger partial charge is 0.239 e. The number of carbonyl (C=O) groups is 1. The van der Waals surface area contributed by atoms with Crippen LogP contribution in [0.15, 0.2) is 30.6 Å². The molecule has 0 aromatic carbocycles. The zero-order valence-electron chi connectivity index (χ0n) is 14.7. The number of aromatic nitrogens is 3. The van der Waals surface area contributed by atoms with Gasteiger partial charge in [-0.2, -0.15) is 4.98 Å². The number of hydrogen-bond acceptors (Lipinski definition) is 5. The number of amides is 1. The van der Waals surface area contributed by atoms with Crippen LogP contribution in [0.25, 0.3) is 0 Å². The van der Waals surface area contributed by atoms with Crippen LogP contribution in [0.3, 0.4) is 0 Å². The molecule has 7 nitrogen and oxygen atoms in total. The third-order valence-electron chi connectivity index (χ3n) is 4.24. The molecule has 2 aromatic heterocycles. The first-order valence-electron chi connectivity index (χ1n) is 8.93. The maximum absolute atomic E-state index is 11.8. The molecule has 3 heterocycles. The quantitative estimate of drug-likeness (QED) is 0.751. The lowest BCUT2D eigenvalue weighted by Crippen LogP contribution is -2.32. The molecule has 0 unspecified atom stereocenters. The minimum absolute atomic E-state index is 0.00262. The molecule has 0 spiro atoms. The molecule has 1 saturated heterocycles. The summed E-state index contributed by atoms with van der Waals surface area (Å²) < 4.78 is 1.84. The fourth-order valence-corrected chi connectivity index (χ4v) is 2.99. The van der Waals surface area contributed by atoms with E-state index in [1.54, 1.807) is 0 Å². The molecular formula is C18H26N6O. The summed E-state index contributed by atoms with van der Waals surface area (Å²) in [6.45, 7) is 5.58. The van der Waals surface area contributed by atoms with Crippen LogP contribution in [0, 0.1) is 6.92 Å². The van der Waals surface area contributed by atoms with Crippen molar-refractivity contribution in [1.29, 1.82) is 0 Å². The maximum atomic E-state index is 11.8. The predicted octanol–water partition coefficient (Wildman–Crippen LogP) is 1.81. The third-order valence-corrected chi connectivity index (χ3v) is 4.24. The van der Waals surface area contributed by atoms with Crippen molar-refractivity contribution in [3.05, 3.63) is 36.3 Å². The summed E-state index contributed by atoms with van der Waals surface area (Å²) in [6.07, 6.45) is 7.49. The van der Waals surface area contributed by atoms with Gasteiger partial charge in [0.25, 0.3) is 0 Å². The highest BCUT2D eigenvalue weighted by Crippen LogP contribution is 2.19. The molecule has 134 valence electrons. The zero-order valence-corrected chi connectivity index (χ0v) is 14.7. The summed E-state index contributed by atoms with van der Waals surface area (Å²) in [5, 5.41) is 6.10. The second kappa shape index (κ2) is 8.50. The molecule has 25 heavy (non-hydrogen) atoms. The second-order valence-corrected chi connectivity index (χ2v) is 6.37. The van der Waals surface area contributed by atoms with E-state index in [1.165, 1.54) is 19.3 Å². The molecule has 1 aliphatic rings. The summed E-state index contributed by atoms with van der Waals surface area (Å²) >= 11 is 0. The Morgan fingerprint density at radius 3 is 2.64 bits per heavy atom. The molecule has 1 aliphatic heterocycles. The van der Waals surface area contributed by atoms with Crippen molar-refractivity contribution >= 4 is 17.7 Å². The highest BCUT2D eigenvalue weighted by molar-refractivity contribution is 5.75. The Kier molecular flexibility index (Phi) is 5.87. The van der Waals surface area contributed by atoms with E-state index in [1.807, 2.05) is 42.1 Å². The van der Waals surface area contributed by atoms with Crippen LogP contribution >= 0.6 is 0 Å². The lowest BCUT2D eigenvalue weighted by Gasteiger charge is -2.28. The minimum atomic E-state index is -0.00262. The average molecular weight is 342 g/mol. The number of anilines is 2. The van der Waals surface area contributed by atoms with Crippen LogP contribution in [0.4, 0.5) is 11.8 Å². The Balaban J connectivity index is 1.46. The maximum Gasteiger partial charge on any atom is 0.239 e. The lowest BCUT2D eigenvalue weighted by molar-refractivity contribution is -0.121.